The van der Waals surface area contributed by atoms with E-state index in [4.69, 9.17) is 4.74 Å². The maximum Gasteiger partial charge on any atom is 0.248 e. The maximum atomic E-state index is 12.9. The van der Waals surface area contributed by atoms with Crippen LogP contribution in [0, 0.1) is 6.92 Å². The minimum absolute atomic E-state index is 0.203. The molecule has 0 aliphatic carbocycles. The number of amides is 1. The molecule has 0 radical (unpaired) electrons. The second kappa shape index (κ2) is 8.47. The summed E-state index contributed by atoms with van der Waals surface area (Å²) in [6, 6.07) is 14.4. The number of ether oxygens (including phenoxy) is 1. The summed E-state index contributed by atoms with van der Waals surface area (Å²) in [7, 11) is -3.62. The van der Waals surface area contributed by atoms with Crippen molar-refractivity contribution in [3.8, 4) is 0 Å². The number of hydrogen-bond donors (Lipinski definition) is 1. The average Bonchev–Trinajstić information content (AvgIpc) is 2.69. The first-order chi connectivity index (χ1) is 13.0. The van der Waals surface area contributed by atoms with Crippen LogP contribution in [0.3, 0.4) is 0 Å². The van der Waals surface area contributed by atoms with Gasteiger partial charge in [0.15, 0.2) is 0 Å². The number of rotatable bonds is 5. The lowest BCUT2D eigenvalue weighted by Crippen LogP contribution is -2.40. The Bertz CT molecular complexity index is 934. The summed E-state index contributed by atoms with van der Waals surface area (Å²) < 4.78 is 32.4. The fourth-order valence-electron chi connectivity index (χ4n) is 2.80. The highest BCUT2D eigenvalue weighted by molar-refractivity contribution is 7.89. The number of sulfonamides is 1. The van der Waals surface area contributed by atoms with Crippen LogP contribution in [-0.2, 0) is 19.6 Å². The van der Waals surface area contributed by atoms with Crippen LogP contribution in [0.4, 0.5) is 5.69 Å². The van der Waals surface area contributed by atoms with Gasteiger partial charge in [0.1, 0.15) is 0 Å². The Balaban J connectivity index is 1.77. The maximum absolute atomic E-state index is 12.9. The number of aryl methyl sites for hydroxylation is 1. The third-order valence-corrected chi connectivity index (χ3v) is 6.31. The van der Waals surface area contributed by atoms with Crippen LogP contribution in [0.2, 0.25) is 0 Å². The molecule has 6 nitrogen and oxygen atoms in total. The molecule has 2 aromatic carbocycles. The van der Waals surface area contributed by atoms with E-state index in [1.54, 1.807) is 25.1 Å². The summed E-state index contributed by atoms with van der Waals surface area (Å²) in [5.41, 5.74) is 1.99. The molecule has 7 heteroatoms. The van der Waals surface area contributed by atoms with E-state index in [1.807, 2.05) is 30.3 Å². The normalized spacial score (nSPS) is 15.7. The van der Waals surface area contributed by atoms with Crippen LogP contribution in [-0.4, -0.2) is 44.9 Å². The van der Waals surface area contributed by atoms with E-state index < -0.39 is 10.0 Å². The van der Waals surface area contributed by atoms with E-state index in [2.05, 4.69) is 5.32 Å². The molecular weight excluding hydrogens is 364 g/mol. The van der Waals surface area contributed by atoms with Crippen molar-refractivity contribution in [2.45, 2.75) is 11.8 Å². The van der Waals surface area contributed by atoms with Crippen molar-refractivity contribution in [2.24, 2.45) is 0 Å². The van der Waals surface area contributed by atoms with Gasteiger partial charge in [-0.2, -0.15) is 4.31 Å². The van der Waals surface area contributed by atoms with Crippen molar-refractivity contribution in [3.05, 3.63) is 65.7 Å². The molecule has 3 rings (SSSR count). The fourth-order valence-corrected chi connectivity index (χ4v) is 4.46. The van der Waals surface area contributed by atoms with Crippen LogP contribution < -0.4 is 5.32 Å². The van der Waals surface area contributed by atoms with Crippen molar-refractivity contribution in [3.63, 3.8) is 0 Å². The predicted octanol–water partition coefficient (Wildman–Crippen LogP) is 2.67. The van der Waals surface area contributed by atoms with Crippen molar-refractivity contribution in [1.82, 2.24) is 4.31 Å². The molecule has 1 saturated heterocycles. The van der Waals surface area contributed by atoms with Crippen LogP contribution in [0.1, 0.15) is 11.1 Å². The molecule has 27 heavy (non-hydrogen) atoms. The number of hydrogen-bond acceptors (Lipinski definition) is 4. The molecule has 1 aliphatic rings. The molecule has 1 aliphatic heterocycles. The third-order valence-electron chi connectivity index (χ3n) is 4.27. The number of carbonyl (C=O) groups is 1. The predicted molar refractivity (Wildman–Crippen MR) is 105 cm³/mol. The Morgan fingerprint density at radius 1 is 1.11 bits per heavy atom. The van der Waals surface area contributed by atoms with Gasteiger partial charge in [0, 0.05) is 24.9 Å². The number of nitrogens with one attached hydrogen (secondary N) is 1. The minimum Gasteiger partial charge on any atom is -0.379 e. The lowest BCUT2D eigenvalue weighted by molar-refractivity contribution is -0.111. The lowest BCUT2D eigenvalue weighted by atomic mass is 10.2. The van der Waals surface area contributed by atoms with Crippen LogP contribution >= 0.6 is 0 Å². The highest BCUT2D eigenvalue weighted by atomic mass is 32.2. The van der Waals surface area contributed by atoms with E-state index in [0.717, 1.165) is 5.56 Å². The quantitative estimate of drug-likeness (QED) is 0.802. The summed E-state index contributed by atoms with van der Waals surface area (Å²) >= 11 is 0. The van der Waals surface area contributed by atoms with E-state index in [-0.39, 0.29) is 10.8 Å². The van der Waals surface area contributed by atoms with Gasteiger partial charge in [-0.15, -0.1) is 0 Å². The summed E-state index contributed by atoms with van der Waals surface area (Å²) in [4.78, 5) is 12.4. The van der Waals surface area contributed by atoms with Gasteiger partial charge in [0.2, 0.25) is 15.9 Å². The Morgan fingerprint density at radius 2 is 1.81 bits per heavy atom. The fraction of sp³-hybridized carbons (Fsp3) is 0.250. The van der Waals surface area contributed by atoms with Crippen LogP contribution in [0.15, 0.2) is 59.5 Å². The van der Waals surface area contributed by atoms with Gasteiger partial charge in [-0.05, 0) is 36.3 Å². The van der Waals surface area contributed by atoms with E-state index in [1.165, 1.54) is 16.4 Å². The topological polar surface area (TPSA) is 75.7 Å². The largest absolute Gasteiger partial charge is 0.379 e. The SMILES string of the molecule is Cc1ccc(NC(=O)/C=C/c2ccccc2)cc1S(=O)(=O)N1CCOCC1. The first-order valence-electron chi connectivity index (χ1n) is 8.69. The van der Waals surface area contributed by atoms with Gasteiger partial charge < -0.3 is 10.1 Å². The molecule has 142 valence electrons. The highest BCUT2D eigenvalue weighted by Gasteiger charge is 2.28. The molecule has 0 spiro atoms. The van der Waals surface area contributed by atoms with Crippen molar-refractivity contribution < 1.29 is 17.9 Å². The summed E-state index contributed by atoms with van der Waals surface area (Å²) in [5, 5.41) is 2.72. The van der Waals surface area contributed by atoms with Crippen LogP contribution in [0.25, 0.3) is 6.08 Å². The van der Waals surface area contributed by atoms with Gasteiger partial charge in [-0.25, -0.2) is 8.42 Å². The molecule has 1 heterocycles. The number of morpholine rings is 1. The Labute approximate surface area is 159 Å². The Hall–Kier alpha value is -2.48. The van der Waals surface area contributed by atoms with Gasteiger partial charge in [-0.3, -0.25) is 4.79 Å². The molecule has 0 aromatic heterocycles. The number of benzene rings is 2. The standard InChI is InChI=1S/C20H22N2O4S/c1-16-7-9-18(21-20(23)10-8-17-5-3-2-4-6-17)15-19(16)27(24,25)22-11-13-26-14-12-22/h2-10,15H,11-14H2,1H3,(H,21,23)/b10-8+. The van der Waals surface area contributed by atoms with Gasteiger partial charge in [-0.1, -0.05) is 36.4 Å². The highest BCUT2D eigenvalue weighted by Crippen LogP contribution is 2.24. The van der Waals surface area contributed by atoms with Crippen molar-refractivity contribution >= 4 is 27.7 Å². The molecule has 1 amide bonds. The van der Waals surface area contributed by atoms with E-state index in [9.17, 15) is 13.2 Å². The number of nitrogens with zero attached hydrogens (tertiary/aromatic N) is 1. The van der Waals surface area contributed by atoms with Gasteiger partial charge in [0.25, 0.3) is 0 Å². The Morgan fingerprint density at radius 3 is 2.52 bits per heavy atom. The molecule has 0 atom stereocenters. The zero-order valence-corrected chi connectivity index (χ0v) is 15.9. The number of carbonyl (C=O) groups excluding carboxylic acids is 1. The molecule has 0 unspecified atom stereocenters. The second-order valence-electron chi connectivity index (χ2n) is 6.23. The first-order valence-corrected chi connectivity index (χ1v) is 10.1. The van der Waals surface area contributed by atoms with Crippen molar-refractivity contribution in [1.29, 1.82) is 0 Å². The molecular formula is C20H22N2O4S. The zero-order valence-electron chi connectivity index (χ0n) is 15.1. The molecule has 2 aromatic rings. The smallest absolute Gasteiger partial charge is 0.248 e. The lowest BCUT2D eigenvalue weighted by Gasteiger charge is -2.26. The van der Waals surface area contributed by atoms with E-state index in [0.29, 0.717) is 37.6 Å². The zero-order chi connectivity index (χ0) is 19.3. The molecule has 0 bridgehead atoms. The summed E-state index contributed by atoms with van der Waals surface area (Å²) in [5.74, 6) is -0.322. The van der Waals surface area contributed by atoms with E-state index >= 15 is 0 Å². The number of anilines is 1. The van der Waals surface area contributed by atoms with Crippen LogP contribution in [0.5, 0.6) is 0 Å². The van der Waals surface area contributed by atoms with Crippen molar-refractivity contribution in [2.75, 3.05) is 31.6 Å². The first kappa shape index (κ1) is 19.3. The third kappa shape index (κ3) is 4.82. The molecule has 1 fully saturated rings. The second-order valence-corrected chi connectivity index (χ2v) is 8.14. The molecule has 1 N–H and O–H groups in total. The van der Waals surface area contributed by atoms with Gasteiger partial charge >= 0.3 is 0 Å². The Kier molecular flexibility index (Phi) is 6.05. The monoisotopic (exact) mass is 386 g/mol. The minimum atomic E-state index is -3.62. The van der Waals surface area contributed by atoms with Gasteiger partial charge in [0.05, 0.1) is 18.1 Å². The average molecular weight is 386 g/mol. The molecule has 0 saturated carbocycles. The summed E-state index contributed by atoms with van der Waals surface area (Å²) in [6.07, 6.45) is 3.13. The summed E-state index contributed by atoms with van der Waals surface area (Å²) in [6.45, 7) is 3.18.